The molecule has 1 heterocycles. The van der Waals surface area contributed by atoms with Gasteiger partial charge < -0.3 is 4.90 Å². The van der Waals surface area contributed by atoms with Crippen LogP contribution in [0, 0.1) is 0 Å². The molecule has 1 unspecified atom stereocenters. The van der Waals surface area contributed by atoms with Crippen molar-refractivity contribution in [1.82, 2.24) is 0 Å². The summed E-state index contributed by atoms with van der Waals surface area (Å²) in [5, 5.41) is 0. The molecule has 0 spiro atoms. The molecule has 2 nitrogen and oxygen atoms in total. The molecular weight excluding hydrogens is 298 g/mol. The Kier molecular flexibility index (Phi) is 4.15. The third-order valence-electron chi connectivity index (χ3n) is 3.17. The lowest BCUT2D eigenvalue weighted by atomic mass is 10.1. The third kappa shape index (κ3) is 2.86. The standard InChI is InChI=1S/C13H16BrNOS/c1-9(16)12-7-10(14)3-4-13(12)15(2)11-5-6-17-8-11/h3-4,7,11H,5-6,8H2,1-2H3. The number of hydrogen-bond acceptors (Lipinski definition) is 3. The monoisotopic (exact) mass is 313 g/mol. The van der Waals surface area contributed by atoms with Crippen molar-refractivity contribution < 1.29 is 4.79 Å². The normalized spacial score (nSPS) is 19.4. The predicted molar refractivity (Wildman–Crippen MR) is 78.3 cm³/mol. The summed E-state index contributed by atoms with van der Waals surface area (Å²) in [5.41, 5.74) is 1.85. The van der Waals surface area contributed by atoms with Crippen LogP contribution in [-0.4, -0.2) is 30.4 Å². The second-order valence-electron chi connectivity index (χ2n) is 4.35. The van der Waals surface area contributed by atoms with E-state index in [0.29, 0.717) is 6.04 Å². The molecule has 1 aromatic carbocycles. The van der Waals surface area contributed by atoms with Gasteiger partial charge in [0.1, 0.15) is 0 Å². The van der Waals surface area contributed by atoms with Crippen LogP contribution in [-0.2, 0) is 0 Å². The van der Waals surface area contributed by atoms with Crippen LogP contribution < -0.4 is 4.90 Å². The lowest BCUT2D eigenvalue weighted by molar-refractivity contribution is 0.101. The Morgan fingerprint density at radius 3 is 2.88 bits per heavy atom. The quantitative estimate of drug-likeness (QED) is 0.795. The van der Waals surface area contributed by atoms with Crippen LogP contribution in [0.1, 0.15) is 23.7 Å². The van der Waals surface area contributed by atoms with Gasteiger partial charge >= 0.3 is 0 Å². The maximum atomic E-state index is 11.7. The van der Waals surface area contributed by atoms with E-state index < -0.39 is 0 Å². The first-order chi connectivity index (χ1) is 8.09. The summed E-state index contributed by atoms with van der Waals surface area (Å²) in [6, 6.07) is 6.50. The van der Waals surface area contributed by atoms with Crippen molar-refractivity contribution in [2.24, 2.45) is 0 Å². The average molecular weight is 314 g/mol. The Morgan fingerprint density at radius 2 is 2.29 bits per heavy atom. The van der Waals surface area contributed by atoms with Crippen LogP contribution in [0.2, 0.25) is 0 Å². The zero-order valence-electron chi connectivity index (χ0n) is 10.1. The van der Waals surface area contributed by atoms with E-state index in [-0.39, 0.29) is 5.78 Å². The maximum absolute atomic E-state index is 11.7. The Balaban J connectivity index is 2.33. The summed E-state index contributed by atoms with van der Waals surface area (Å²) in [6.07, 6.45) is 1.20. The van der Waals surface area contributed by atoms with Gasteiger partial charge in [0, 0.05) is 34.6 Å². The van der Waals surface area contributed by atoms with Crippen LogP contribution in [0.3, 0.4) is 0 Å². The molecule has 0 amide bonds. The van der Waals surface area contributed by atoms with Gasteiger partial charge in [-0.2, -0.15) is 11.8 Å². The van der Waals surface area contributed by atoms with Crippen molar-refractivity contribution in [3.63, 3.8) is 0 Å². The molecule has 1 aliphatic heterocycles. The minimum absolute atomic E-state index is 0.124. The molecule has 0 saturated carbocycles. The second-order valence-corrected chi connectivity index (χ2v) is 6.41. The number of hydrogen-bond donors (Lipinski definition) is 0. The summed E-state index contributed by atoms with van der Waals surface area (Å²) in [5.74, 6) is 2.50. The Bertz CT molecular complexity index is 429. The molecule has 1 atom stereocenters. The molecule has 4 heteroatoms. The largest absolute Gasteiger partial charge is 0.370 e. The smallest absolute Gasteiger partial charge is 0.161 e. The first-order valence-corrected chi connectivity index (χ1v) is 7.65. The molecule has 0 radical (unpaired) electrons. The number of halogens is 1. The average Bonchev–Trinajstić information content (AvgIpc) is 2.81. The molecule has 1 fully saturated rings. The van der Waals surface area contributed by atoms with Gasteiger partial charge in [-0.15, -0.1) is 0 Å². The molecular formula is C13H16BrNOS. The molecule has 1 saturated heterocycles. The zero-order chi connectivity index (χ0) is 12.4. The molecule has 1 aliphatic rings. The van der Waals surface area contributed by atoms with E-state index in [4.69, 9.17) is 0 Å². The topological polar surface area (TPSA) is 20.3 Å². The van der Waals surface area contributed by atoms with Gasteiger partial charge in [-0.05, 0) is 37.3 Å². The first kappa shape index (κ1) is 13.0. The van der Waals surface area contributed by atoms with Gasteiger partial charge in [0.05, 0.1) is 0 Å². The number of carbonyl (C=O) groups excluding carboxylic acids is 1. The van der Waals surface area contributed by atoms with E-state index in [1.54, 1.807) is 6.92 Å². The van der Waals surface area contributed by atoms with Gasteiger partial charge in [-0.1, -0.05) is 15.9 Å². The van der Waals surface area contributed by atoms with Crippen LogP contribution in [0.5, 0.6) is 0 Å². The van der Waals surface area contributed by atoms with Crippen molar-refractivity contribution >= 4 is 39.2 Å². The van der Waals surface area contributed by atoms with E-state index in [9.17, 15) is 4.79 Å². The number of carbonyl (C=O) groups is 1. The van der Waals surface area contributed by atoms with E-state index in [2.05, 4.69) is 27.9 Å². The van der Waals surface area contributed by atoms with Crippen molar-refractivity contribution in [3.8, 4) is 0 Å². The third-order valence-corrected chi connectivity index (χ3v) is 4.81. The fourth-order valence-electron chi connectivity index (χ4n) is 2.12. The fraction of sp³-hybridized carbons (Fsp3) is 0.462. The molecule has 1 aromatic rings. The molecule has 17 heavy (non-hydrogen) atoms. The van der Waals surface area contributed by atoms with E-state index >= 15 is 0 Å². The highest BCUT2D eigenvalue weighted by Crippen LogP contribution is 2.30. The molecule has 0 bridgehead atoms. The van der Waals surface area contributed by atoms with Gasteiger partial charge in [0.2, 0.25) is 0 Å². The van der Waals surface area contributed by atoms with Crippen LogP contribution in [0.4, 0.5) is 5.69 Å². The number of nitrogens with zero attached hydrogens (tertiary/aromatic N) is 1. The van der Waals surface area contributed by atoms with Crippen LogP contribution in [0.15, 0.2) is 22.7 Å². The zero-order valence-corrected chi connectivity index (χ0v) is 12.5. The first-order valence-electron chi connectivity index (χ1n) is 5.70. The number of benzene rings is 1. The highest BCUT2D eigenvalue weighted by molar-refractivity contribution is 9.10. The predicted octanol–water partition coefficient (Wildman–Crippen LogP) is 3.59. The minimum Gasteiger partial charge on any atom is -0.370 e. The lowest BCUT2D eigenvalue weighted by Crippen LogP contribution is -2.32. The molecule has 92 valence electrons. The van der Waals surface area contributed by atoms with Gasteiger partial charge in [0.15, 0.2) is 5.78 Å². The summed E-state index contributed by atoms with van der Waals surface area (Å²) < 4.78 is 0.959. The van der Waals surface area contributed by atoms with Crippen LogP contribution >= 0.6 is 27.7 Å². The maximum Gasteiger partial charge on any atom is 0.161 e. The highest BCUT2D eigenvalue weighted by Gasteiger charge is 2.22. The van der Waals surface area contributed by atoms with Gasteiger partial charge in [-0.25, -0.2) is 0 Å². The van der Waals surface area contributed by atoms with E-state index in [1.165, 1.54) is 12.2 Å². The molecule has 0 aromatic heterocycles. The van der Waals surface area contributed by atoms with Gasteiger partial charge in [-0.3, -0.25) is 4.79 Å². The Morgan fingerprint density at radius 1 is 1.53 bits per heavy atom. The molecule has 0 aliphatic carbocycles. The molecule has 0 N–H and O–H groups in total. The SMILES string of the molecule is CC(=O)c1cc(Br)ccc1N(C)C1CCSC1. The summed E-state index contributed by atoms with van der Waals surface area (Å²) in [4.78, 5) is 13.9. The summed E-state index contributed by atoms with van der Waals surface area (Å²) >= 11 is 5.41. The summed E-state index contributed by atoms with van der Waals surface area (Å²) in [6.45, 7) is 1.63. The van der Waals surface area contributed by atoms with Crippen molar-refractivity contribution in [2.45, 2.75) is 19.4 Å². The van der Waals surface area contributed by atoms with Crippen molar-refractivity contribution in [2.75, 3.05) is 23.5 Å². The van der Waals surface area contributed by atoms with Crippen molar-refractivity contribution in [1.29, 1.82) is 0 Å². The van der Waals surface area contributed by atoms with Crippen molar-refractivity contribution in [3.05, 3.63) is 28.2 Å². The minimum atomic E-state index is 0.124. The number of Topliss-reactive ketones (excluding diaryl/α,β-unsaturated/α-hetero) is 1. The number of rotatable bonds is 3. The van der Waals surface area contributed by atoms with E-state index in [0.717, 1.165) is 21.5 Å². The number of ketones is 1. The number of anilines is 1. The summed E-state index contributed by atoms with van der Waals surface area (Å²) in [7, 11) is 2.09. The second kappa shape index (κ2) is 5.44. The van der Waals surface area contributed by atoms with Crippen LogP contribution in [0.25, 0.3) is 0 Å². The van der Waals surface area contributed by atoms with Gasteiger partial charge in [0.25, 0.3) is 0 Å². The molecule has 2 rings (SSSR count). The lowest BCUT2D eigenvalue weighted by Gasteiger charge is -2.27. The Labute approximate surface area is 115 Å². The highest BCUT2D eigenvalue weighted by atomic mass is 79.9. The number of thioether (sulfide) groups is 1. The fourth-order valence-corrected chi connectivity index (χ4v) is 3.75. The van der Waals surface area contributed by atoms with E-state index in [1.807, 2.05) is 30.0 Å². The Hall–Kier alpha value is -0.480.